The van der Waals surface area contributed by atoms with Gasteiger partial charge in [0.05, 0.1) is 27.6 Å². The molecule has 104 valence electrons. The molecule has 0 atom stereocenters. The first-order valence-electron chi connectivity index (χ1n) is 6.18. The molecule has 3 aromatic rings. The molecule has 0 unspecified atom stereocenters. The van der Waals surface area contributed by atoms with Crippen LogP contribution in [0.3, 0.4) is 0 Å². The van der Waals surface area contributed by atoms with E-state index in [-0.39, 0.29) is 4.90 Å². The maximum Gasteiger partial charge on any atom is 0.175 e. The van der Waals surface area contributed by atoms with Gasteiger partial charge in [0.2, 0.25) is 0 Å². The Labute approximate surface area is 121 Å². The van der Waals surface area contributed by atoms with E-state index >= 15 is 0 Å². The van der Waals surface area contributed by atoms with Crippen LogP contribution in [-0.4, -0.2) is 24.6 Å². The number of benzene rings is 2. The maximum atomic E-state index is 11.6. The van der Waals surface area contributed by atoms with Crippen molar-refractivity contribution in [3.8, 4) is 17.5 Å². The van der Waals surface area contributed by atoms with Gasteiger partial charge >= 0.3 is 0 Å². The average Bonchev–Trinajstić information content (AvgIpc) is 2.89. The van der Waals surface area contributed by atoms with Gasteiger partial charge in [-0.3, -0.25) is 0 Å². The summed E-state index contributed by atoms with van der Waals surface area (Å²) in [6.45, 7) is 0. The summed E-state index contributed by atoms with van der Waals surface area (Å²) in [6, 6.07) is 13.9. The highest BCUT2D eigenvalue weighted by molar-refractivity contribution is 7.90. The predicted molar refractivity (Wildman–Crippen MR) is 79.4 cm³/mol. The fraction of sp³-hybridized carbons (Fsp3) is 0.0667. The zero-order valence-electron chi connectivity index (χ0n) is 11.2. The van der Waals surface area contributed by atoms with E-state index in [1.807, 2.05) is 0 Å². The summed E-state index contributed by atoms with van der Waals surface area (Å²) in [5, 5.41) is 8.79. The Hall–Kier alpha value is -2.65. The molecule has 2 aromatic carbocycles. The first-order chi connectivity index (χ1) is 9.97. The highest BCUT2D eigenvalue weighted by Crippen LogP contribution is 2.23. The molecule has 21 heavy (non-hydrogen) atoms. The molecule has 0 spiro atoms. The lowest BCUT2D eigenvalue weighted by molar-refractivity contribution is 0.602. The summed E-state index contributed by atoms with van der Waals surface area (Å²) >= 11 is 0. The van der Waals surface area contributed by atoms with Crippen LogP contribution in [-0.2, 0) is 9.84 Å². The van der Waals surface area contributed by atoms with E-state index in [1.165, 1.54) is 6.26 Å². The second kappa shape index (κ2) is 4.72. The Morgan fingerprint density at radius 1 is 1.14 bits per heavy atom. The van der Waals surface area contributed by atoms with Crippen molar-refractivity contribution >= 4 is 20.9 Å². The molecule has 0 saturated carbocycles. The largest absolute Gasteiger partial charge is 0.338 e. The van der Waals surface area contributed by atoms with E-state index in [9.17, 15) is 8.42 Å². The van der Waals surface area contributed by atoms with Gasteiger partial charge in [-0.15, -0.1) is 0 Å². The highest BCUT2D eigenvalue weighted by Gasteiger charge is 2.11. The minimum Gasteiger partial charge on any atom is -0.338 e. The van der Waals surface area contributed by atoms with Crippen molar-refractivity contribution in [3.05, 3.63) is 48.0 Å². The third-order valence-corrected chi connectivity index (χ3v) is 4.28. The summed E-state index contributed by atoms with van der Waals surface area (Å²) < 4.78 is 23.1. The van der Waals surface area contributed by atoms with Crippen molar-refractivity contribution in [3.63, 3.8) is 0 Å². The fourth-order valence-corrected chi connectivity index (χ4v) is 2.71. The number of nitriles is 1. The molecule has 0 aliphatic carbocycles. The van der Waals surface area contributed by atoms with Crippen LogP contribution < -0.4 is 0 Å². The number of nitrogens with one attached hydrogen (secondary N) is 1. The quantitative estimate of drug-likeness (QED) is 0.787. The van der Waals surface area contributed by atoms with Gasteiger partial charge in [-0.1, -0.05) is 0 Å². The van der Waals surface area contributed by atoms with E-state index in [2.05, 4.69) is 16.0 Å². The zero-order valence-corrected chi connectivity index (χ0v) is 12.0. The van der Waals surface area contributed by atoms with E-state index < -0.39 is 9.84 Å². The Morgan fingerprint density at radius 2 is 1.86 bits per heavy atom. The van der Waals surface area contributed by atoms with Crippen LogP contribution in [0.4, 0.5) is 0 Å². The molecule has 0 aliphatic heterocycles. The minimum absolute atomic E-state index is 0.255. The van der Waals surface area contributed by atoms with Crippen LogP contribution in [0.5, 0.6) is 0 Å². The summed E-state index contributed by atoms with van der Waals surface area (Å²) in [7, 11) is -3.24. The lowest BCUT2D eigenvalue weighted by atomic mass is 10.1. The smallest absolute Gasteiger partial charge is 0.175 e. The third kappa shape index (κ3) is 2.51. The van der Waals surface area contributed by atoms with Gasteiger partial charge in [0.25, 0.3) is 0 Å². The SMILES string of the molecule is CS(=O)(=O)c1ccc2nc(-c3ccc(C#N)cc3)[nH]c2c1. The summed E-state index contributed by atoms with van der Waals surface area (Å²) in [4.78, 5) is 7.79. The second-order valence-electron chi connectivity index (χ2n) is 4.73. The predicted octanol–water partition coefficient (Wildman–Crippen LogP) is 2.51. The van der Waals surface area contributed by atoms with Gasteiger partial charge < -0.3 is 4.98 Å². The molecule has 0 saturated heterocycles. The molecule has 0 amide bonds. The molecular weight excluding hydrogens is 286 g/mol. The summed E-state index contributed by atoms with van der Waals surface area (Å²) in [5.41, 5.74) is 2.78. The molecule has 0 radical (unpaired) electrons. The Morgan fingerprint density at radius 3 is 2.48 bits per heavy atom. The van der Waals surface area contributed by atoms with Gasteiger partial charge in [0, 0.05) is 11.8 Å². The minimum atomic E-state index is -3.24. The number of rotatable bonds is 2. The maximum absolute atomic E-state index is 11.6. The summed E-state index contributed by atoms with van der Waals surface area (Å²) in [6.07, 6.45) is 1.17. The van der Waals surface area contributed by atoms with Crippen LogP contribution in [0.1, 0.15) is 5.56 Å². The van der Waals surface area contributed by atoms with Crippen LogP contribution >= 0.6 is 0 Å². The molecule has 6 heteroatoms. The Balaban J connectivity index is 2.10. The van der Waals surface area contributed by atoms with Gasteiger partial charge in [-0.25, -0.2) is 13.4 Å². The molecule has 0 fully saturated rings. The number of fused-ring (bicyclic) bond motifs is 1. The van der Waals surface area contributed by atoms with Crippen LogP contribution in [0, 0.1) is 11.3 Å². The van der Waals surface area contributed by atoms with E-state index in [0.717, 1.165) is 5.56 Å². The zero-order chi connectivity index (χ0) is 15.0. The average molecular weight is 297 g/mol. The van der Waals surface area contributed by atoms with Crippen molar-refractivity contribution in [1.29, 1.82) is 5.26 Å². The molecule has 0 aliphatic rings. The number of aromatic nitrogens is 2. The molecule has 0 bridgehead atoms. The van der Waals surface area contributed by atoms with Gasteiger partial charge in [0.15, 0.2) is 9.84 Å². The van der Waals surface area contributed by atoms with Crippen LogP contribution in [0.2, 0.25) is 0 Å². The number of imidazole rings is 1. The molecule has 1 N–H and O–H groups in total. The van der Waals surface area contributed by atoms with Crippen molar-refractivity contribution < 1.29 is 8.42 Å². The van der Waals surface area contributed by atoms with Crippen molar-refractivity contribution in [2.45, 2.75) is 4.90 Å². The molecular formula is C15H11N3O2S. The van der Waals surface area contributed by atoms with Gasteiger partial charge in [-0.05, 0) is 42.5 Å². The van der Waals surface area contributed by atoms with Crippen molar-refractivity contribution in [2.24, 2.45) is 0 Å². The summed E-state index contributed by atoms with van der Waals surface area (Å²) in [5.74, 6) is 0.639. The first-order valence-corrected chi connectivity index (χ1v) is 8.07. The van der Waals surface area contributed by atoms with Crippen LogP contribution in [0.15, 0.2) is 47.4 Å². The molecule has 3 rings (SSSR count). The van der Waals surface area contributed by atoms with E-state index in [0.29, 0.717) is 22.4 Å². The molecule has 1 aromatic heterocycles. The van der Waals surface area contributed by atoms with Crippen molar-refractivity contribution in [1.82, 2.24) is 9.97 Å². The second-order valence-corrected chi connectivity index (χ2v) is 6.74. The Bertz CT molecular complexity index is 964. The monoisotopic (exact) mass is 297 g/mol. The van der Waals surface area contributed by atoms with Crippen LogP contribution in [0.25, 0.3) is 22.4 Å². The Kier molecular flexibility index (Phi) is 3.00. The van der Waals surface area contributed by atoms with Gasteiger partial charge in [0.1, 0.15) is 5.82 Å². The van der Waals surface area contributed by atoms with E-state index in [1.54, 1.807) is 42.5 Å². The number of H-pyrrole nitrogens is 1. The first kappa shape index (κ1) is 13.3. The number of sulfone groups is 1. The van der Waals surface area contributed by atoms with Crippen molar-refractivity contribution in [2.75, 3.05) is 6.26 Å². The topological polar surface area (TPSA) is 86.6 Å². The van der Waals surface area contributed by atoms with E-state index in [4.69, 9.17) is 5.26 Å². The number of hydrogen-bond donors (Lipinski definition) is 1. The normalized spacial score (nSPS) is 11.4. The van der Waals surface area contributed by atoms with Gasteiger partial charge in [-0.2, -0.15) is 5.26 Å². The number of hydrogen-bond acceptors (Lipinski definition) is 4. The molecule has 5 nitrogen and oxygen atoms in total. The molecule has 1 heterocycles. The lowest BCUT2D eigenvalue weighted by Gasteiger charge is -1.96. The number of aromatic amines is 1. The fourth-order valence-electron chi connectivity index (χ4n) is 2.06. The lowest BCUT2D eigenvalue weighted by Crippen LogP contribution is -1.96. The standard InChI is InChI=1S/C15H11N3O2S/c1-21(19,20)12-6-7-13-14(8-12)18-15(17-13)11-4-2-10(9-16)3-5-11/h2-8H,1H3,(H,17,18). The third-order valence-electron chi connectivity index (χ3n) is 3.17. The highest BCUT2D eigenvalue weighted by atomic mass is 32.2. The number of nitrogens with zero attached hydrogens (tertiary/aromatic N) is 2.